The Hall–Kier alpha value is -5.99. The van der Waals surface area contributed by atoms with E-state index >= 15 is 0 Å². The standard InChI is InChI=1S/C38H29Cl2F3N6O5/c1-21(25-15-17-44-19-31(25)46-33(50)27-7-3-5-9-29(27)39)37(35(52)49(36(53)48-37)23-11-13-24(14-12-23)54-38(41,42)43)22(2)26-16-18-45-20-32(26)47-34(51)28-8-4-6-10-30(28)40/h3-22H,1-2H3,(H,46,50)(H,47,51)(H,48,53). The maximum Gasteiger partial charge on any atom is 0.573 e. The number of halogens is 5. The van der Waals surface area contributed by atoms with E-state index in [-0.39, 0.29) is 38.2 Å². The minimum atomic E-state index is -4.96. The SMILES string of the molecule is CC(c1ccncc1NC(=O)c1ccccc1Cl)C1(C(C)c2ccncc2NC(=O)c2ccccc2Cl)NC(=O)N(c2ccc(OC(F)(F)F)cc2)C1=O. The van der Waals surface area contributed by atoms with E-state index < -0.39 is 53.2 Å². The van der Waals surface area contributed by atoms with Gasteiger partial charge in [-0.15, -0.1) is 13.2 Å². The third-order valence-electron chi connectivity index (χ3n) is 9.14. The van der Waals surface area contributed by atoms with Crippen molar-refractivity contribution >= 4 is 64.0 Å². The van der Waals surface area contributed by atoms with Gasteiger partial charge in [0.25, 0.3) is 17.7 Å². The largest absolute Gasteiger partial charge is 0.573 e. The topological polar surface area (TPSA) is 143 Å². The predicted octanol–water partition coefficient (Wildman–Crippen LogP) is 8.59. The fourth-order valence-corrected chi connectivity index (χ4v) is 6.94. The van der Waals surface area contributed by atoms with Crippen LogP contribution in [0.25, 0.3) is 0 Å². The van der Waals surface area contributed by atoms with Gasteiger partial charge in [0.15, 0.2) is 0 Å². The Morgan fingerprint density at radius 2 is 1.22 bits per heavy atom. The number of alkyl halides is 3. The number of amides is 5. The van der Waals surface area contributed by atoms with Crippen LogP contribution in [0, 0.1) is 0 Å². The van der Waals surface area contributed by atoms with Crippen LogP contribution in [0.5, 0.6) is 5.75 Å². The normalized spacial score (nSPS) is 16.7. The number of imide groups is 1. The monoisotopic (exact) mass is 776 g/mol. The number of nitrogens with zero attached hydrogens (tertiary/aromatic N) is 3. The number of ether oxygens (including phenoxy) is 1. The number of rotatable bonds is 10. The Balaban J connectivity index is 1.45. The average Bonchev–Trinajstić information content (AvgIpc) is 3.41. The lowest BCUT2D eigenvalue weighted by Crippen LogP contribution is -2.55. The molecule has 276 valence electrons. The summed E-state index contributed by atoms with van der Waals surface area (Å²) in [5.41, 5.74) is -0.374. The lowest BCUT2D eigenvalue weighted by Gasteiger charge is -2.39. The van der Waals surface area contributed by atoms with Crippen molar-refractivity contribution in [1.82, 2.24) is 15.3 Å². The first-order valence-corrected chi connectivity index (χ1v) is 17.0. The lowest BCUT2D eigenvalue weighted by atomic mass is 9.69. The van der Waals surface area contributed by atoms with E-state index in [9.17, 15) is 32.3 Å². The molecule has 1 aliphatic rings. The zero-order valence-corrected chi connectivity index (χ0v) is 29.8. The highest BCUT2D eigenvalue weighted by Crippen LogP contribution is 2.47. The van der Waals surface area contributed by atoms with Crippen molar-refractivity contribution in [3.05, 3.63) is 142 Å². The van der Waals surface area contributed by atoms with Crippen molar-refractivity contribution in [2.45, 2.75) is 37.6 Å². The average molecular weight is 778 g/mol. The first kappa shape index (κ1) is 37.8. The van der Waals surface area contributed by atoms with Crippen molar-refractivity contribution in [2.24, 2.45) is 0 Å². The number of anilines is 3. The molecule has 3 aromatic carbocycles. The molecule has 0 spiro atoms. The maximum absolute atomic E-state index is 15.0. The molecular weight excluding hydrogens is 748 g/mol. The van der Waals surface area contributed by atoms with Crippen LogP contribution < -0.4 is 25.6 Å². The van der Waals surface area contributed by atoms with E-state index in [0.29, 0.717) is 11.1 Å². The molecule has 6 rings (SSSR count). The molecule has 1 aliphatic heterocycles. The second kappa shape index (κ2) is 15.2. The lowest BCUT2D eigenvalue weighted by molar-refractivity contribution is -0.274. The number of hydrogen-bond acceptors (Lipinski definition) is 7. The van der Waals surface area contributed by atoms with Gasteiger partial charge in [-0.05, 0) is 71.8 Å². The van der Waals surface area contributed by atoms with Crippen LogP contribution >= 0.6 is 23.2 Å². The predicted molar refractivity (Wildman–Crippen MR) is 196 cm³/mol. The highest BCUT2D eigenvalue weighted by Gasteiger charge is 2.59. The number of benzene rings is 3. The summed E-state index contributed by atoms with van der Waals surface area (Å²) in [6.45, 7) is 3.34. The molecule has 54 heavy (non-hydrogen) atoms. The quantitative estimate of drug-likeness (QED) is 0.121. The number of carbonyl (C=O) groups is 4. The van der Waals surface area contributed by atoms with Crippen molar-refractivity contribution in [1.29, 1.82) is 0 Å². The van der Waals surface area contributed by atoms with Gasteiger partial charge in [-0.3, -0.25) is 24.4 Å². The minimum absolute atomic E-state index is 0.0442. The summed E-state index contributed by atoms with van der Waals surface area (Å²) in [5, 5.41) is 8.90. The molecule has 1 saturated heterocycles. The second-order valence-corrected chi connectivity index (χ2v) is 13.0. The van der Waals surface area contributed by atoms with Gasteiger partial charge in [0.05, 0.1) is 50.6 Å². The van der Waals surface area contributed by atoms with E-state index in [0.717, 1.165) is 29.2 Å². The van der Waals surface area contributed by atoms with Crippen molar-refractivity contribution in [3.8, 4) is 5.75 Å². The Bertz CT molecular complexity index is 2150. The summed E-state index contributed by atoms with van der Waals surface area (Å²) >= 11 is 12.6. The number of nitrogens with one attached hydrogen (secondary N) is 3. The van der Waals surface area contributed by atoms with Crippen molar-refractivity contribution in [3.63, 3.8) is 0 Å². The molecule has 3 N–H and O–H groups in total. The van der Waals surface area contributed by atoms with Crippen LogP contribution in [-0.4, -0.2) is 45.6 Å². The summed E-state index contributed by atoms with van der Waals surface area (Å²) in [6, 6.07) is 19.3. The number of pyridine rings is 2. The van der Waals surface area contributed by atoms with E-state index in [4.69, 9.17) is 23.2 Å². The number of aromatic nitrogens is 2. The molecular formula is C38H29Cl2F3N6O5. The van der Waals surface area contributed by atoms with E-state index in [1.54, 1.807) is 62.4 Å². The van der Waals surface area contributed by atoms with Crippen LogP contribution in [0.3, 0.4) is 0 Å². The zero-order chi connectivity index (χ0) is 38.8. The molecule has 1 fully saturated rings. The summed E-state index contributed by atoms with van der Waals surface area (Å²) < 4.78 is 42.7. The maximum atomic E-state index is 15.0. The van der Waals surface area contributed by atoms with Gasteiger partial charge in [-0.2, -0.15) is 0 Å². The van der Waals surface area contributed by atoms with E-state index in [2.05, 4.69) is 30.7 Å². The molecule has 2 atom stereocenters. The van der Waals surface area contributed by atoms with Gasteiger partial charge >= 0.3 is 12.4 Å². The third kappa shape index (κ3) is 7.43. The van der Waals surface area contributed by atoms with Gasteiger partial charge in [0.2, 0.25) is 0 Å². The fraction of sp³-hybridized carbons (Fsp3) is 0.158. The van der Waals surface area contributed by atoms with Crippen LogP contribution in [0.1, 0.15) is 57.5 Å². The summed E-state index contributed by atoms with van der Waals surface area (Å²) in [5.74, 6) is -4.37. The molecule has 0 bridgehead atoms. The van der Waals surface area contributed by atoms with Gasteiger partial charge in [-0.1, -0.05) is 61.3 Å². The molecule has 5 amide bonds. The second-order valence-electron chi connectivity index (χ2n) is 12.2. The molecule has 3 heterocycles. The molecule has 16 heteroatoms. The molecule has 11 nitrogen and oxygen atoms in total. The van der Waals surface area contributed by atoms with Gasteiger partial charge < -0.3 is 20.7 Å². The summed E-state index contributed by atoms with van der Waals surface area (Å²) in [7, 11) is 0. The molecule has 0 aliphatic carbocycles. The van der Waals surface area contributed by atoms with Crippen LogP contribution in [0.15, 0.2) is 110 Å². The van der Waals surface area contributed by atoms with E-state index in [1.165, 1.54) is 36.9 Å². The Morgan fingerprint density at radius 3 is 1.67 bits per heavy atom. The number of hydrogen-bond donors (Lipinski definition) is 3. The fourth-order valence-electron chi connectivity index (χ4n) is 6.49. The zero-order valence-electron chi connectivity index (χ0n) is 28.3. The Labute approximate surface area is 316 Å². The molecule has 0 saturated carbocycles. The van der Waals surface area contributed by atoms with E-state index in [1.807, 2.05) is 0 Å². The third-order valence-corrected chi connectivity index (χ3v) is 9.80. The first-order valence-electron chi connectivity index (χ1n) is 16.2. The minimum Gasteiger partial charge on any atom is -0.406 e. The van der Waals surface area contributed by atoms with Crippen molar-refractivity contribution in [2.75, 3.05) is 15.5 Å². The molecule has 0 radical (unpaired) electrons. The molecule has 2 aromatic heterocycles. The van der Waals surface area contributed by atoms with Gasteiger partial charge in [-0.25, -0.2) is 9.69 Å². The molecule has 2 unspecified atom stereocenters. The van der Waals surface area contributed by atoms with Gasteiger partial charge in [0.1, 0.15) is 11.3 Å². The highest BCUT2D eigenvalue weighted by molar-refractivity contribution is 6.35. The Kier molecular flexibility index (Phi) is 10.6. The summed E-state index contributed by atoms with van der Waals surface area (Å²) in [6.07, 6.45) is 0.721. The first-order chi connectivity index (χ1) is 25.7. The van der Waals surface area contributed by atoms with Gasteiger partial charge in [0, 0.05) is 24.2 Å². The Morgan fingerprint density at radius 1 is 0.759 bits per heavy atom. The molecule has 5 aromatic rings. The smallest absolute Gasteiger partial charge is 0.406 e. The van der Waals surface area contributed by atoms with Crippen LogP contribution in [0.2, 0.25) is 10.0 Å². The number of urea groups is 1. The number of carbonyl (C=O) groups excluding carboxylic acids is 4. The summed E-state index contributed by atoms with van der Waals surface area (Å²) in [4.78, 5) is 64.9. The van der Waals surface area contributed by atoms with Crippen molar-refractivity contribution < 1.29 is 37.1 Å². The van der Waals surface area contributed by atoms with Crippen LogP contribution in [0.4, 0.5) is 35.0 Å². The highest BCUT2D eigenvalue weighted by atomic mass is 35.5. The van der Waals surface area contributed by atoms with Crippen LogP contribution in [-0.2, 0) is 4.79 Å².